The largest absolute Gasteiger partial charge is 0.493 e. The third kappa shape index (κ3) is 5.54. The maximum absolute atomic E-state index is 5.87. The molecule has 0 fully saturated rings. The van der Waals surface area contributed by atoms with Gasteiger partial charge in [-0.2, -0.15) is 0 Å². The SMILES string of the molecule is Clc1ccc(CCNC(=NCCc2ccco2)NC2CCOc3ccccc32)cn1. The van der Waals surface area contributed by atoms with Crippen molar-refractivity contribution in [1.29, 1.82) is 0 Å². The summed E-state index contributed by atoms with van der Waals surface area (Å²) in [5.74, 6) is 2.65. The van der Waals surface area contributed by atoms with E-state index in [-0.39, 0.29) is 6.04 Å². The molecule has 1 aromatic carbocycles. The van der Waals surface area contributed by atoms with E-state index in [2.05, 4.69) is 21.7 Å². The van der Waals surface area contributed by atoms with Crippen LogP contribution in [0.25, 0.3) is 0 Å². The minimum absolute atomic E-state index is 0.155. The molecule has 1 atom stereocenters. The molecule has 7 heteroatoms. The quantitative estimate of drug-likeness (QED) is 0.338. The van der Waals surface area contributed by atoms with Crippen LogP contribution in [0.4, 0.5) is 0 Å². The number of para-hydroxylation sites is 1. The van der Waals surface area contributed by atoms with Crippen LogP contribution in [-0.4, -0.2) is 30.6 Å². The molecule has 2 N–H and O–H groups in total. The lowest BCUT2D eigenvalue weighted by atomic mass is 10.0. The number of aliphatic imine (C=N–C) groups is 1. The van der Waals surface area contributed by atoms with Crippen LogP contribution in [0.15, 0.2) is 70.4 Å². The Hall–Kier alpha value is -2.99. The topological polar surface area (TPSA) is 71.7 Å². The minimum Gasteiger partial charge on any atom is -0.493 e. The van der Waals surface area contributed by atoms with Crippen LogP contribution < -0.4 is 15.4 Å². The Morgan fingerprint density at radius 1 is 1.13 bits per heavy atom. The average Bonchev–Trinajstić information content (AvgIpc) is 3.29. The number of guanidine groups is 1. The van der Waals surface area contributed by atoms with Gasteiger partial charge in [0.15, 0.2) is 5.96 Å². The van der Waals surface area contributed by atoms with Gasteiger partial charge in [-0.15, -0.1) is 0 Å². The molecular weight excluding hydrogens is 400 g/mol. The van der Waals surface area contributed by atoms with Gasteiger partial charge in [0.2, 0.25) is 0 Å². The smallest absolute Gasteiger partial charge is 0.191 e. The van der Waals surface area contributed by atoms with Crippen molar-refractivity contribution in [2.75, 3.05) is 19.7 Å². The van der Waals surface area contributed by atoms with Crippen molar-refractivity contribution >= 4 is 17.6 Å². The van der Waals surface area contributed by atoms with E-state index < -0.39 is 0 Å². The van der Waals surface area contributed by atoms with Crippen LogP contribution in [0.5, 0.6) is 5.75 Å². The van der Waals surface area contributed by atoms with Crippen LogP contribution in [0.1, 0.15) is 29.3 Å². The Kier molecular flexibility index (Phi) is 6.87. The molecule has 30 heavy (non-hydrogen) atoms. The van der Waals surface area contributed by atoms with E-state index in [4.69, 9.17) is 25.7 Å². The van der Waals surface area contributed by atoms with Gasteiger partial charge < -0.3 is 19.8 Å². The van der Waals surface area contributed by atoms with Gasteiger partial charge in [0.1, 0.15) is 16.7 Å². The first-order valence-electron chi connectivity index (χ1n) is 10.2. The number of rotatable bonds is 7. The summed E-state index contributed by atoms with van der Waals surface area (Å²) in [5, 5.41) is 7.53. The fourth-order valence-electron chi connectivity index (χ4n) is 3.42. The lowest BCUT2D eigenvalue weighted by Crippen LogP contribution is -2.42. The number of benzene rings is 1. The number of ether oxygens (including phenoxy) is 1. The van der Waals surface area contributed by atoms with E-state index in [1.54, 1.807) is 12.5 Å². The summed E-state index contributed by atoms with van der Waals surface area (Å²) in [4.78, 5) is 8.91. The van der Waals surface area contributed by atoms with Crippen molar-refractivity contribution in [2.45, 2.75) is 25.3 Å². The Labute approximate surface area is 181 Å². The molecule has 1 aliphatic rings. The first kappa shape index (κ1) is 20.3. The van der Waals surface area contributed by atoms with Crippen LogP contribution in [0.3, 0.4) is 0 Å². The summed E-state index contributed by atoms with van der Waals surface area (Å²) in [6.45, 7) is 2.06. The van der Waals surface area contributed by atoms with Gasteiger partial charge in [-0.3, -0.25) is 4.99 Å². The van der Waals surface area contributed by atoms with Crippen molar-refractivity contribution in [3.05, 3.63) is 83.0 Å². The molecule has 0 saturated carbocycles. The second-order valence-corrected chi connectivity index (χ2v) is 7.48. The van der Waals surface area contributed by atoms with Crippen molar-refractivity contribution in [1.82, 2.24) is 15.6 Å². The van der Waals surface area contributed by atoms with Crippen LogP contribution in [0, 0.1) is 0 Å². The predicted octanol–water partition coefficient (Wildman–Crippen LogP) is 4.17. The molecule has 0 spiro atoms. The minimum atomic E-state index is 0.155. The summed E-state index contributed by atoms with van der Waals surface area (Å²) in [5.41, 5.74) is 2.28. The normalized spacial score (nSPS) is 15.9. The van der Waals surface area contributed by atoms with E-state index in [9.17, 15) is 0 Å². The highest BCUT2D eigenvalue weighted by Crippen LogP contribution is 2.31. The predicted molar refractivity (Wildman–Crippen MR) is 118 cm³/mol. The number of nitrogens with zero attached hydrogens (tertiary/aromatic N) is 2. The number of aromatic nitrogens is 1. The van der Waals surface area contributed by atoms with Gasteiger partial charge in [-0.25, -0.2) is 4.98 Å². The third-order valence-corrected chi connectivity index (χ3v) is 5.20. The van der Waals surface area contributed by atoms with Crippen molar-refractivity contribution in [3.63, 3.8) is 0 Å². The molecule has 4 rings (SSSR count). The summed E-state index contributed by atoms with van der Waals surface area (Å²) >= 11 is 5.87. The van der Waals surface area contributed by atoms with Crippen molar-refractivity contribution in [3.8, 4) is 5.75 Å². The van der Waals surface area contributed by atoms with Gasteiger partial charge >= 0.3 is 0 Å². The van der Waals surface area contributed by atoms with Crippen LogP contribution >= 0.6 is 11.6 Å². The fraction of sp³-hybridized carbons (Fsp3) is 0.304. The highest BCUT2D eigenvalue weighted by Gasteiger charge is 2.21. The summed E-state index contributed by atoms with van der Waals surface area (Å²) < 4.78 is 11.2. The molecule has 0 aliphatic carbocycles. The number of hydrogen-bond donors (Lipinski definition) is 2. The summed E-state index contributed by atoms with van der Waals surface area (Å²) in [7, 11) is 0. The standard InChI is InChI=1S/C23H25ClN4O2/c24-22-8-7-17(16-27-22)9-12-25-23(26-13-10-18-4-3-14-29-18)28-20-11-15-30-21-6-2-1-5-19(20)21/h1-8,14,16,20H,9-13,15H2,(H2,25,26,28). The molecule has 0 bridgehead atoms. The first-order valence-corrected chi connectivity index (χ1v) is 10.5. The van der Waals surface area contributed by atoms with Crippen molar-refractivity contribution in [2.24, 2.45) is 4.99 Å². The summed E-state index contributed by atoms with van der Waals surface area (Å²) in [6.07, 6.45) is 5.96. The van der Waals surface area contributed by atoms with Gasteiger partial charge in [0, 0.05) is 37.7 Å². The van der Waals surface area contributed by atoms with Gasteiger partial charge in [-0.05, 0) is 36.2 Å². The Balaban J connectivity index is 1.40. The first-order chi connectivity index (χ1) is 14.8. The molecule has 2 aromatic heterocycles. The maximum atomic E-state index is 5.87. The third-order valence-electron chi connectivity index (χ3n) is 4.97. The lowest BCUT2D eigenvalue weighted by Gasteiger charge is -2.28. The van der Waals surface area contributed by atoms with E-state index in [1.807, 2.05) is 42.5 Å². The zero-order chi connectivity index (χ0) is 20.6. The Morgan fingerprint density at radius 2 is 2.07 bits per heavy atom. The zero-order valence-electron chi connectivity index (χ0n) is 16.7. The summed E-state index contributed by atoms with van der Waals surface area (Å²) in [6, 6.07) is 16.0. The second kappa shape index (κ2) is 10.2. The average molecular weight is 425 g/mol. The molecular formula is C23H25ClN4O2. The number of pyridine rings is 1. The van der Waals surface area contributed by atoms with E-state index >= 15 is 0 Å². The monoisotopic (exact) mass is 424 g/mol. The number of fused-ring (bicyclic) bond motifs is 1. The molecule has 156 valence electrons. The van der Waals surface area contributed by atoms with E-state index in [1.165, 1.54) is 0 Å². The van der Waals surface area contributed by atoms with Crippen LogP contribution in [0.2, 0.25) is 5.15 Å². The second-order valence-electron chi connectivity index (χ2n) is 7.10. The van der Waals surface area contributed by atoms with Crippen molar-refractivity contribution < 1.29 is 9.15 Å². The van der Waals surface area contributed by atoms with Crippen LogP contribution in [-0.2, 0) is 12.8 Å². The van der Waals surface area contributed by atoms with Gasteiger partial charge in [0.05, 0.1) is 18.9 Å². The van der Waals surface area contributed by atoms with Gasteiger partial charge in [0.25, 0.3) is 0 Å². The Bertz CT molecular complexity index is 958. The molecule has 0 amide bonds. The molecule has 0 saturated heterocycles. The lowest BCUT2D eigenvalue weighted by molar-refractivity contribution is 0.261. The van der Waals surface area contributed by atoms with E-state index in [0.717, 1.165) is 54.4 Å². The number of furan rings is 1. The number of halogens is 1. The Morgan fingerprint density at radius 3 is 2.90 bits per heavy atom. The number of hydrogen-bond acceptors (Lipinski definition) is 4. The molecule has 1 aliphatic heterocycles. The molecule has 3 heterocycles. The van der Waals surface area contributed by atoms with E-state index in [0.29, 0.717) is 18.3 Å². The molecule has 0 radical (unpaired) electrons. The molecule has 3 aromatic rings. The zero-order valence-corrected chi connectivity index (χ0v) is 17.4. The highest BCUT2D eigenvalue weighted by molar-refractivity contribution is 6.29. The highest BCUT2D eigenvalue weighted by atomic mass is 35.5. The van der Waals surface area contributed by atoms with Gasteiger partial charge in [-0.1, -0.05) is 35.9 Å². The number of nitrogens with one attached hydrogen (secondary N) is 2. The molecule has 1 unspecified atom stereocenters. The maximum Gasteiger partial charge on any atom is 0.191 e. The molecule has 6 nitrogen and oxygen atoms in total. The fourth-order valence-corrected chi connectivity index (χ4v) is 3.53.